The van der Waals surface area contributed by atoms with Gasteiger partial charge in [0.25, 0.3) is 0 Å². The summed E-state index contributed by atoms with van der Waals surface area (Å²) < 4.78 is 5.32. The zero-order valence-corrected chi connectivity index (χ0v) is 14.7. The van der Waals surface area contributed by atoms with Crippen molar-refractivity contribution in [1.82, 2.24) is 5.32 Å². The van der Waals surface area contributed by atoms with Crippen LogP contribution in [0.4, 0.5) is 0 Å². The molecule has 0 radical (unpaired) electrons. The van der Waals surface area contributed by atoms with Crippen molar-refractivity contribution in [1.29, 1.82) is 0 Å². The van der Waals surface area contributed by atoms with Gasteiger partial charge in [-0.2, -0.15) is 0 Å². The van der Waals surface area contributed by atoms with Crippen LogP contribution >= 0.6 is 11.6 Å². The molecule has 0 bridgehead atoms. The molecule has 4 heteroatoms. The van der Waals surface area contributed by atoms with Crippen molar-refractivity contribution in [3.8, 4) is 5.75 Å². The van der Waals surface area contributed by atoms with Gasteiger partial charge >= 0.3 is 0 Å². The molecule has 1 saturated carbocycles. The average molecular weight is 346 g/mol. The molecule has 2 aromatic carbocycles. The topological polar surface area (TPSA) is 41.5 Å². The lowest BCUT2D eigenvalue weighted by molar-refractivity contribution is 0.170. The van der Waals surface area contributed by atoms with Crippen LogP contribution in [-0.4, -0.2) is 24.8 Å². The maximum Gasteiger partial charge on any atom is 0.119 e. The van der Waals surface area contributed by atoms with Gasteiger partial charge < -0.3 is 15.2 Å². The number of aliphatic hydroxyl groups is 1. The van der Waals surface area contributed by atoms with Crippen molar-refractivity contribution < 1.29 is 9.84 Å². The first kappa shape index (κ1) is 17.3. The van der Waals surface area contributed by atoms with E-state index < -0.39 is 6.10 Å². The van der Waals surface area contributed by atoms with Gasteiger partial charge in [0.15, 0.2) is 0 Å². The van der Waals surface area contributed by atoms with E-state index in [4.69, 9.17) is 16.3 Å². The predicted molar refractivity (Wildman–Crippen MR) is 97.8 cm³/mol. The molecule has 0 amide bonds. The Balaban J connectivity index is 1.52. The number of nitrogens with one attached hydrogen (secondary N) is 1. The Bertz CT molecular complexity index is 676. The van der Waals surface area contributed by atoms with Crippen LogP contribution in [0.5, 0.6) is 5.75 Å². The Labute approximate surface area is 148 Å². The van der Waals surface area contributed by atoms with Crippen molar-refractivity contribution in [3.63, 3.8) is 0 Å². The lowest BCUT2D eigenvalue weighted by atomic mass is 9.97. The minimum atomic E-state index is -0.528. The second-order valence-electron chi connectivity index (χ2n) is 6.46. The number of halogens is 1. The Morgan fingerprint density at radius 3 is 2.83 bits per heavy atom. The Morgan fingerprint density at radius 1 is 1.21 bits per heavy atom. The fourth-order valence-electron chi connectivity index (χ4n) is 3.48. The molecule has 2 aromatic rings. The number of aliphatic hydroxyl groups excluding tert-OH is 1. The minimum Gasteiger partial charge on any atom is -0.497 e. The van der Waals surface area contributed by atoms with Gasteiger partial charge in [-0.25, -0.2) is 0 Å². The summed E-state index contributed by atoms with van der Waals surface area (Å²) in [6, 6.07) is 16.2. The van der Waals surface area contributed by atoms with Gasteiger partial charge in [0, 0.05) is 17.6 Å². The second kappa shape index (κ2) is 8.02. The normalized spacial score (nSPS) is 21.6. The van der Waals surface area contributed by atoms with Crippen LogP contribution in [-0.2, 0) is 0 Å². The zero-order chi connectivity index (χ0) is 16.9. The maximum atomic E-state index is 10.3. The van der Waals surface area contributed by atoms with Gasteiger partial charge in [0.1, 0.15) is 5.75 Å². The van der Waals surface area contributed by atoms with E-state index in [2.05, 4.69) is 23.5 Å². The first-order valence-corrected chi connectivity index (χ1v) is 8.84. The molecule has 3 nitrogen and oxygen atoms in total. The minimum absolute atomic E-state index is 0.440. The smallest absolute Gasteiger partial charge is 0.119 e. The van der Waals surface area contributed by atoms with E-state index >= 15 is 0 Å². The summed E-state index contributed by atoms with van der Waals surface area (Å²) in [5, 5.41) is 14.5. The van der Waals surface area contributed by atoms with Crippen LogP contribution in [0.2, 0.25) is 5.02 Å². The van der Waals surface area contributed by atoms with Crippen LogP contribution in [0.1, 0.15) is 42.4 Å². The van der Waals surface area contributed by atoms with Gasteiger partial charge in [-0.05, 0) is 60.6 Å². The van der Waals surface area contributed by atoms with Gasteiger partial charge in [0.2, 0.25) is 0 Å². The number of hydrogen-bond donors (Lipinski definition) is 2. The number of methoxy groups -OCH3 is 1. The third-order valence-corrected chi connectivity index (χ3v) is 5.07. The third kappa shape index (κ3) is 4.29. The molecule has 24 heavy (non-hydrogen) atoms. The highest BCUT2D eigenvalue weighted by Crippen LogP contribution is 2.35. The highest BCUT2D eigenvalue weighted by Gasteiger charge is 2.26. The molecule has 0 saturated heterocycles. The van der Waals surface area contributed by atoms with E-state index in [1.807, 2.05) is 30.3 Å². The van der Waals surface area contributed by atoms with Gasteiger partial charge in [-0.1, -0.05) is 35.9 Å². The molecular weight excluding hydrogens is 322 g/mol. The monoisotopic (exact) mass is 345 g/mol. The van der Waals surface area contributed by atoms with E-state index in [0.717, 1.165) is 30.6 Å². The second-order valence-corrected chi connectivity index (χ2v) is 6.90. The SMILES string of the molecule is COc1cccc(C2CCC(NC[C@H](O)c3cccc(Cl)c3)C2)c1. The lowest BCUT2D eigenvalue weighted by Crippen LogP contribution is -2.30. The third-order valence-electron chi connectivity index (χ3n) is 4.83. The standard InChI is InChI=1S/C20H24ClNO2/c1-24-19-7-3-4-14(12-19)15-8-9-18(11-15)22-13-20(23)16-5-2-6-17(21)10-16/h2-7,10,12,15,18,20,22-23H,8-9,11,13H2,1H3/t15?,18?,20-/m0/s1. The summed E-state index contributed by atoms with van der Waals surface area (Å²) in [6.07, 6.45) is 2.86. The van der Waals surface area contributed by atoms with Crippen molar-refractivity contribution in [2.75, 3.05) is 13.7 Å². The Kier molecular flexibility index (Phi) is 5.77. The molecule has 2 N–H and O–H groups in total. The first-order chi connectivity index (χ1) is 11.7. The fourth-order valence-corrected chi connectivity index (χ4v) is 3.67. The Hall–Kier alpha value is -1.55. The van der Waals surface area contributed by atoms with Crippen molar-refractivity contribution in [2.24, 2.45) is 0 Å². The molecular formula is C20H24ClNO2. The van der Waals surface area contributed by atoms with E-state index in [1.165, 1.54) is 5.56 Å². The number of ether oxygens (including phenoxy) is 1. The molecule has 3 rings (SSSR count). The molecule has 2 unspecified atom stereocenters. The molecule has 0 aromatic heterocycles. The van der Waals surface area contributed by atoms with Crippen molar-refractivity contribution in [2.45, 2.75) is 37.3 Å². The quantitative estimate of drug-likeness (QED) is 0.819. The molecule has 1 aliphatic rings. The van der Waals surface area contributed by atoms with Crippen molar-refractivity contribution in [3.05, 3.63) is 64.7 Å². The Morgan fingerprint density at radius 2 is 2.04 bits per heavy atom. The average Bonchev–Trinajstić information content (AvgIpc) is 3.09. The molecule has 0 aliphatic heterocycles. The maximum absolute atomic E-state index is 10.3. The highest BCUT2D eigenvalue weighted by atomic mass is 35.5. The van der Waals surface area contributed by atoms with Crippen LogP contribution in [0, 0.1) is 0 Å². The number of rotatable bonds is 6. The molecule has 0 spiro atoms. The summed E-state index contributed by atoms with van der Waals surface area (Å²) in [6.45, 7) is 0.551. The van der Waals surface area contributed by atoms with Gasteiger partial charge in [0.05, 0.1) is 13.2 Å². The summed E-state index contributed by atoms with van der Waals surface area (Å²) in [5.74, 6) is 1.47. The van der Waals surface area contributed by atoms with E-state index in [-0.39, 0.29) is 0 Å². The number of hydrogen-bond acceptors (Lipinski definition) is 3. The molecule has 128 valence electrons. The van der Waals surface area contributed by atoms with Crippen LogP contribution < -0.4 is 10.1 Å². The highest BCUT2D eigenvalue weighted by molar-refractivity contribution is 6.30. The molecule has 3 atom stereocenters. The summed E-state index contributed by atoms with van der Waals surface area (Å²) in [7, 11) is 1.70. The van der Waals surface area contributed by atoms with Crippen LogP contribution in [0.25, 0.3) is 0 Å². The van der Waals surface area contributed by atoms with Crippen LogP contribution in [0.3, 0.4) is 0 Å². The zero-order valence-electron chi connectivity index (χ0n) is 13.9. The largest absolute Gasteiger partial charge is 0.497 e. The van der Waals surface area contributed by atoms with E-state index in [1.54, 1.807) is 7.11 Å². The lowest BCUT2D eigenvalue weighted by Gasteiger charge is -2.17. The summed E-state index contributed by atoms with van der Waals surface area (Å²) in [5.41, 5.74) is 2.20. The predicted octanol–water partition coefficient (Wildman–Crippen LogP) is 4.31. The van der Waals surface area contributed by atoms with Crippen LogP contribution in [0.15, 0.2) is 48.5 Å². The molecule has 1 aliphatic carbocycles. The van der Waals surface area contributed by atoms with Gasteiger partial charge in [-0.15, -0.1) is 0 Å². The molecule has 1 fully saturated rings. The van der Waals surface area contributed by atoms with Gasteiger partial charge in [-0.3, -0.25) is 0 Å². The first-order valence-electron chi connectivity index (χ1n) is 8.46. The summed E-state index contributed by atoms with van der Waals surface area (Å²) >= 11 is 5.99. The number of benzene rings is 2. The summed E-state index contributed by atoms with van der Waals surface area (Å²) in [4.78, 5) is 0. The molecule has 0 heterocycles. The van der Waals surface area contributed by atoms with E-state index in [0.29, 0.717) is 23.5 Å². The fraction of sp³-hybridized carbons (Fsp3) is 0.400. The van der Waals surface area contributed by atoms with Crippen molar-refractivity contribution >= 4 is 11.6 Å². The van der Waals surface area contributed by atoms with E-state index in [9.17, 15) is 5.11 Å².